The number of carbonyl (C=O) groups is 1. The maximum absolute atomic E-state index is 11.3. The molecule has 68 valence electrons. The molecule has 1 rings (SSSR count). The lowest BCUT2D eigenvalue weighted by molar-refractivity contribution is -0.119. The van der Waals surface area contributed by atoms with E-state index < -0.39 is 0 Å². The highest BCUT2D eigenvalue weighted by molar-refractivity contribution is 5.95. The fourth-order valence-corrected chi connectivity index (χ4v) is 1.46. The molecule has 1 atom stereocenters. The Morgan fingerprint density at radius 3 is 2.33 bits per heavy atom. The zero-order chi connectivity index (χ0) is 9.52. The first kappa shape index (κ1) is 9.30. The van der Waals surface area contributed by atoms with Crippen LogP contribution in [0.5, 0.6) is 0 Å². The molecule has 1 N–H and O–H groups in total. The van der Waals surface area contributed by atoms with Gasteiger partial charge in [0.1, 0.15) is 0 Å². The number of hydrogen-bond donors (Lipinski definition) is 1. The summed E-state index contributed by atoms with van der Waals surface area (Å²) in [5.41, 5.74) is 2.18. The van der Waals surface area contributed by atoms with Crippen LogP contribution in [0.4, 0.5) is 0 Å². The predicted octanol–water partition coefficient (Wildman–Crippen LogP) is 1.87. The van der Waals surface area contributed by atoms with E-state index >= 15 is 0 Å². The Bertz CT molecular complexity index is 251. The van der Waals surface area contributed by atoms with Crippen LogP contribution in [-0.2, 0) is 4.79 Å². The summed E-state index contributed by atoms with van der Waals surface area (Å²) in [5.74, 6) is 0.0827. The van der Waals surface area contributed by atoms with E-state index in [4.69, 9.17) is 0 Å². The summed E-state index contributed by atoms with van der Waals surface area (Å²) in [4.78, 5) is 11.3. The molecule has 0 radical (unpaired) electrons. The topological polar surface area (TPSA) is 29.1 Å². The maximum Gasteiger partial charge on any atom is 0.247 e. The van der Waals surface area contributed by atoms with Crippen molar-refractivity contribution < 1.29 is 4.79 Å². The first-order chi connectivity index (χ1) is 5.37. The van der Waals surface area contributed by atoms with Crippen LogP contribution in [0.25, 0.3) is 0 Å². The van der Waals surface area contributed by atoms with Gasteiger partial charge < -0.3 is 5.32 Å². The molecule has 1 unspecified atom stereocenters. The number of carbonyl (C=O) groups excluding carboxylic acids is 1. The molecule has 0 saturated carbocycles. The van der Waals surface area contributed by atoms with E-state index in [1.807, 2.05) is 20.8 Å². The summed E-state index contributed by atoms with van der Waals surface area (Å²) in [6.45, 7) is 10.3. The van der Waals surface area contributed by atoms with Crippen molar-refractivity contribution in [2.75, 3.05) is 0 Å². The standard InChI is InChI=1S/C10H17NO/c1-6-7(2)10(4,5)8(3)11-9(6)12/h8H,1-5H3,(H,11,12). The second-order valence-electron chi connectivity index (χ2n) is 4.17. The second kappa shape index (κ2) is 2.61. The van der Waals surface area contributed by atoms with Crippen LogP contribution < -0.4 is 5.32 Å². The molecule has 12 heavy (non-hydrogen) atoms. The third kappa shape index (κ3) is 1.15. The highest BCUT2D eigenvalue weighted by Gasteiger charge is 2.35. The van der Waals surface area contributed by atoms with Crippen LogP contribution in [0.3, 0.4) is 0 Å². The highest BCUT2D eigenvalue weighted by Crippen LogP contribution is 2.35. The van der Waals surface area contributed by atoms with E-state index in [2.05, 4.69) is 19.2 Å². The minimum absolute atomic E-state index is 0.0827. The smallest absolute Gasteiger partial charge is 0.247 e. The van der Waals surface area contributed by atoms with Gasteiger partial charge in [0.05, 0.1) is 0 Å². The normalized spacial score (nSPS) is 28.8. The Kier molecular flexibility index (Phi) is 2.02. The van der Waals surface area contributed by atoms with Gasteiger partial charge in [-0.2, -0.15) is 0 Å². The summed E-state index contributed by atoms with van der Waals surface area (Å²) in [6, 6.07) is 0.230. The van der Waals surface area contributed by atoms with Crippen molar-refractivity contribution in [3.63, 3.8) is 0 Å². The van der Waals surface area contributed by atoms with Crippen LogP contribution in [0.15, 0.2) is 11.1 Å². The van der Waals surface area contributed by atoms with Crippen LogP contribution in [0, 0.1) is 5.41 Å². The minimum atomic E-state index is 0.0827. The highest BCUT2D eigenvalue weighted by atomic mass is 16.1. The third-order valence-electron chi connectivity index (χ3n) is 3.30. The van der Waals surface area contributed by atoms with Gasteiger partial charge in [0, 0.05) is 17.0 Å². The molecule has 0 bridgehead atoms. The van der Waals surface area contributed by atoms with E-state index in [1.165, 1.54) is 5.57 Å². The molecular formula is C10H17NO. The molecule has 1 amide bonds. The number of nitrogens with one attached hydrogen (secondary N) is 1. The van der Waals surface area contributed by atoms with Gasteiger partial charge in [0.2, 0.25) is 5.91 Å². The molecular weight excluding hydrogens is 150 g/mol. The van der Waals surface area contributed by atoms with Crippen molar-refractivity contribution in [1.82, 2.24) is 5.32 Å². The van der Waals surface area contributed by atoms with Crippen molar-refractivity contribution >= 4 is 5.91 Å². The largest absolute Gasteiger partial charge is 0.349 e. The van der Waals surface area contributed by atoms with Crippen molar-refractivity contribution in [2.45, 2.75) is 40.7 Å². The van der Waals surface area contributed by atoms with Crippen LogP contribution in [-0.4, -0.2) is 11.9 Å². The molecule has 0 saturated heterocycles. The van der Waals surface area contributed by atoms with Crippen LogP contribution in [0.1, 0.15) is 34.6 Å². The molecule has 2 heteroatoms. The Morgan fingerprint density at radius 1 is 1.33 bits per heavy atom. The van der Waals surface area contributed by atoms with Crippen molar-refractivity contribution in [1.29, 1.82) is 0 Å². The molecule has 1 aliphatic heterocycles. The zero-order valence-corrected chi connectivity index (χ0v) is 8.49. The molecule has 2 nitrogen and oxygen atoms in total. The van der Waals surface area contributed by atoms with Crippen molar-refractivity contribution in [3.05, 3.63) is 11.1 Å². The fraction of sp³-hybridized carbons (Fsp3) is 0.700. The first-order valence-corrected chi connectivity index (χ1v) is 4.36. The summed E-state index contributed by atoms with van der Waals surface area (Å²) in [6.07, 6.45) is 0. The lowest BCUT2D eigenvalue weighted by Crippen LogP contribution is -2.48. The number of rotatable bonds is 0. The number of hydrogen-bond acceptors (Lipinski definition) is 1. The Labute approximate surface area is 74.0 Å². The lowest BCUT2D eigenvalue weighted by atomic mass is 9.74. The summed E-state index contributed by atoms with van der Waals surface area (Å²) in [7, 11) is 0. The van der Waals surface area contributed by atoms with Gasteiger partial charge in [-0.3, -0.25) is 4.79 Å². The third-order valence-corrected chi connectivity index (χ3v) is 3.30. The average Bonchev–Trinajstić information content (AvgIpc) is 1.99. The SMILES string of the molecule is CC1=C(C)C(C)(C)C(C)NC1=O. The molecule has 0 fully saturated rings. The second-order valence-corrected chi connectivity index (χ2v) is 4.17. The molecule has 0 spiro atoms. The number of amides is 1. The molecule has 1 aliphatic rings. The molecule has 0 aromatic rings. The first-order valence-electron chi connectivity index (χ1n) is 4.36. The van der Waals surface area contributed by atoms with Gasteiger partial charge in [-0.25, -0.2) is 0 Å². The monoisotopic (exact) mass is 167 g/mol. The maximum atomic E-state index is 11.3. The Balaban J connectivity index is 3.15. The molecule has 0 aromatic carbocycles. The lowest BCUT2D eigenvalue weighted by Gasteiger charge is -2.38. The van der Waals surface area contributed by atoms with Gasteiger partial charge in [0.15, 0.2) is 0 Å². The van der Waals surface area contributed by atoms with Gasteiger partial charge in [-0.1, -0.05) is 19.4 Å². The van der Waals surface area contributed by atoms with Crippen molar-refractivity contribution in [2.24, 2.45) is 5.41 Å². The quantitative estimate of drug-likeness (QED) is 0.586. The van der Waals surface area contributed by atoms with Gasteiger partial charge in [-0.05, 0) is 20.8 Å². The van der Waals surface area contributed by atoms with Gasteiger partial charge in [-0.15, -0.1) is 0 Å². The zero-order valence-electron chi connectivity index (χ0n) is 8.49. The minimum Gasteiger partial charge on any atom is -0.349 e. The van der Waals surface area contributed by atoms with E-state index in [9.17, 15) is 4.79 Å². The molecule has 0 aromatic heterocycles. The van der Waals surface area contributed by atoms with E-state index in [-0.39, 0.29) is 17.4 Å². The van der Waals surface area contributed by atoms with Gasteiger partial charge in [0.25, 0.3) is 0 Å². The van der Waals surface area contributed by atoms with Crippen molar-refractivity contribution in [3.8, 4) is 0 Å². The molecule has 0 aliphatic carbocycles. The summed E-state index contributed by atoms with van der Waals surface area (Å²) < 4.78 is 0. The van der Waals surface area contributed by atoms with Gasteiger partial charge >= 0.3 is 0 Å². The summed E-state index contributed by atoms with van der Waals surface area (Å²) >= 11 is 0. The van der Waals surface area contributed by atoms with Crippen LogP contribution >= 0.6 is 0 Å². The van der Waals surface area contributed by atoms with Crippen LogP contribution in [0.2, 0.25) is 0 Å². The van der Waals surface area contributed by atoms with E-state index in [1.54, 1.807) is 0 Å². The average molecular weight is 167 g/mol. The fourth-order valence-electron chi connectivity index (χ4n) is 1.46. The Hall–Kier alpha value is -0.790. The predicted molar refractivity (Wildman–Crippen MR) is 49.8 cm³/mol. The van der Waals surface area contributed by atoms with E-state index in [0.29, 0.717) is 0 Å². The summed E-state index contributed by atoms with van der Waals surface area (Å²) in [5, 5.41) is 2.95. The molecule has 1 heterocycles. The Morgan fingerprint density at radius 2 is 1.83 bits per heavy atom. The van der Waals surface area contributed by atoms with E-state index in [0.717, 1.165) is 5.57 Å².